The predicted molar refractivity (Wildman–Crippen MR) is 43.7 cm³/mol. The summed E-state index contributed by atoms with van der Waals surface area (Å²) < 4.78 is 14.5. The van der Waals surface area contributed by atoms with Crippen LogP contribution in [0.15, 0.2) is 0 Å². The molecule has 0 N–H and O–H groups in total. The van der Waals surface area contributed by atoms with Crippen LogP contribution >= 0.6 is 8.69 Å². The van der Waals surface area contributed by atoms with Gasteiger partial charge in [-0.15, -0.1) is 4.52 Å². The van der Waals surface area contributed by atoms with Gasteiger partial charge in [-0.2, -0.15) is 0 Å². The zero-order valence-corrected chi connectivity index (χ0v) is 8.86. The molecule has 0 saturated heterocycles. The molecule has 0 aliphatic carbocycles. The molecule has 0 bridgehead atoms. The number of rotatable bonds is 7. The largest absolute Gasteiger partial charge is 0.494 e. The molecule has 11 heavy (non-hydrogen) atoms. The normalized spacial score (nSPS) is 9.55. The Morgan fingerprint density at radius 3 is 2.36 bits per heavy atom. The van der Waals surface area contributed by atoms with Crippen LogP contribution in [-0.2, 0) is 25.6 Å². The zero-order valence-electron chi connectivity index (χ0n) is 6.88. The van der Waals surface area contributed by atoms with E-state index in [4.69, 9.17) is 0 Å². The Morgan fingerprint density at radius 2 is 1.82 bits per heavy atom. The number of unbranched alkanes of at least 4 members (excludes halogenated alkanes) is 4. The van der Waals surface area contributed by atoms with Crippen molar-refractivity contribution in [1.29, 1.82) is 0 Å². The molecule has 1 atom stereocenters. The molecule has 2 nitrogen and oxygen atoms in total. The first kappa shape index (κ1) is 14.1. The molecule has 0 amide bonds. The molecule has 70 valence electrons. The Labute approximate surface area is 80.3 Å². The molecular weight excluding hydrogens is 206 g/mol. The van der Waals surface area contributed by atoms with E-state index in [9.17, 15) is 4.57 Å². The molecule has 0 spiro atoms. The van der Waals surface area contributed by atoms with Crippen LogP contribution in [0.5, 0.6) is 0 Å². The molecule has 4 heteroatoms. The fourth-order valence-electron chi connectivity index (χ4n) is 0.819. The Kier molecular flexibility index (Phi) is 16.9. The van der Waals surface area contributed by atoms with Crippen LogP contribution in [0.25, 0.3) is 0 Å². The van der Waals surface area contributed by atoms with E-state index in [2.05, 4.69) is 11.4 Å². The standard InChI is InChI=1S/C7H16O2P.Ni/c1-2-3-4-5-6-7-9-10-8;/h10H,2-7H2,1H3;/q+1;. The summed E-state index contributed by atoms with van der Waals surface area (Å²) in [4.78, 5) is 0. The van der Waals surface area contributed by atoms with Gasteiger partial charge in [-0.25, -0.2) is 0 Å². The predicted octanol–water partition coefficient (Wildman–Crippen LogP) is 2.91. The maximum absolute atomic E-state index is 9.82. The second-order valence-corrected chi connectivity index (χ2v) is 2.80. The summed E-state index contributed by atoms with van der Waals surface area (Å²) in [7, 11) is -0.580. The number of hydrogen-bond acceptors (Lipinski definition) is 2. The van der Waals surface area contributed by atoms with Crippen LogP contribution in [0.1, 0.15) is 39.0 Å². The maximum Gasteiger partial charge on any atom is 0.494 e. The van der Waals surface area contributed by atoms with Crippen molar-refractivity contribution in [3.63, 3.8) is 0 Å². The van der Waals surface area contributed by atoms with Gasteiger partial charge in [0.15, 0.2) is 0 Å². The van der Waals surface area contributed by atoms with Crippen molar-refractivity contribution in [2.45, 2.75) is 39.0 Å². The second kappa shape index (κ2) is 13.2. The van der Waals surface area contributed by atoms with Gasteiger partial charge in [0.05, 0.1) is 0 Å². The first-order chi connectivity index (χ1) is 4.91. The summed E-state index contributed by atoms with van der Waals surface area (Å²) in [5.74, 6) is 0. The van der Waals surface area contributed by atoms with Crippen LogP contribution in [0.4, 0.5) is 0 Å². The Morgan fingerprint density at radius 1 is 1.18 bits per heavy atom. The number of hydrogen-bond donors (Lipinski definition) is 0. The van der Waals surface area contributed by atoms with E-state index < -0.39 is 8.69 Å². The van der Waals surface area contributed by atoms with E-state index in [0.29, 0.717) is 6.61 Å². The SMILES string of the molecule is CCCCCCCO[PH+]=O.[Ni]. The Bertz CT molecular complexity index is 80.8. The fourth-order valence-corrected chi connectivity index (χ4v) is 1.05. The summed E-state index contributed by atoms with van der Waals surface area (Å²) in [6.45, 7) is 2.85. The van der Waals surface area contributed by atoms with E-state index in [0.717, 1.165) is 6.42 Å². The van der Waals surface area contributed by atoms with Crippen molar-refractivity contribution < 1.29 is 25.6 Å². The van der Waals surface area contributed by atoms with Gasteiger partial charge in [0.1, 0.15) is 6.61 Å². The van der Waals surface area contributed by atoms with E-state index in [1.165, 1.54) is 25.7 Å². The molecular formula is C7H16NiO2P+. The summed E-state index contributed by atoms with van der Waals surface area (Å²) in [5.41, 5.74) is 0. The minimum atomic E-state index is -0.580. The molecule has 0 aliphatic heterocycles. The smallest absolute Gasteiger partial charge is 0.148 e. The topological polar surface area (TPSA) is 26.3 Å². The molecule has 0 rings (SSSR count). The van der Waals surface area contributed by atoms with Gasteiger partial charge in [0.25, 0.3) is 0 Å². The Balaban J connectivity index is 0. The van der Waals surface area contributed by atoms with Crippen LogP contribution < -0.4 is 0 Å². The van der Waals surface area contributed by atoms with Crippen molar-refractivity contribution in [3.8, 4) is 0 Å². The van der Waals surface area contributed by atoms with Crippen molar-refractivity contribution in [3.05, 3.63) is 0 Å². The summed E-state index contributed by atoms with van der Waals surface area (Å²) in [6, 6.07) is 0. The van der Waals surface area contributed by atoms with E-state index in [1.54, 1.807) is 0 Å². The van der Waals surface area contributed by atoms with E-state index in [-0.39, 0.29) is 16.5 Å². The van der Waals surface area contributed by atoms with E-state index in [1.807, 2.05) is 0 Å². The minimum absolute atomic E-state index is 0. The quantitative estimate of drug-likeness (QED) is 0.376. The molecule has 0 aromatic carbocycles. The monoisotopic (exact) mass is 221 g/mol. The van der Waals surface area contributed by atoms with Gasteiger partial charge >= 0.3 is 8.69 Å². The Hall–Kier alpha value is 0.554. The van der Waals surface area contributed by atoms with Gasteiger partial charge in [0.2, 0.25) is 0 Å². The van der Waals surface area contributed by atoms with Crippen molar-refractivity contribution in [2.24, 2.45) is 0 Å². The van der Waals surface area contributed by atoms with Gasteiger partial charge in [-0.1, -0.05) is 32.6 Å². The maximum atomic E-state index is 9.82. The molecule has 0 fully saturated rings. The second-order valence-electron chi connectivity index (χ2n) is 2.35. The minimum Gasteiger partial charge on any atom is -0.148 e. The third-order valence-electron chi connectivity index (χ3n) is 1.41. The average Bonchev–Trinajstić information content (AvgIpc) is 1.97. The van der Waals surface area contributed by atoms with Crippen molar-refractivity contribution in [1.82, 2.24) is 0 Å². The van der Waals surface area contributed by atoms with Gasteiger partial charge in [0, 0.05) is 16.5 Å². The van der Waals surface area contributed by atoms with Crippen LogP contribution in [0.2, 0.25) is 0 Å². The molecule has 0 aliphatic rings. The van der Waals surface area contributed by atoms with Crippen LogP contribution in [0.3, 0.4) is 0 Å². The third-order valence-corrected chi connectivity index (χ3v) is 1.73. The third kappa shape index (κ3) is 13.5. The van der Waals surface area contributed by atoms with Crippen LogP contribution in [0, 0.1) is 0 Å². The van der Waals surface area contributed by atoms with Crippen molar-refractivity contribution in [2.75, 3.05) is 6.61 Å². The van der Waals surface area contributed by atoms with Crippen LogP contribution in [-0.4, -0.2) is 6.61 Å². The first-order valence-corrected chi connectivity index (χ1v) is 4.72. The van der Waals surface area contributed by atoms with Gasteiger partial charge in [-0.3, -0.25) is 0 Å². The average molecular weight is 222 g/mol. The van der Waals surface area contributed by atoms with Gasteiger partial charge < -0.3 is 0 Å². The summed E-state index contributed by atoms with van der Waals surface area (Å²) in [6.07, 6.45) is 6.11. The van der Waals surface area contributed by atoms with E-state index >= 15 is 0 Å². The van der Waals surface area contributed by atoms with Gasteiger partial charge in [-0.05, 0) is 11.0 Å². The molecule has 1 unspecified atom stereocenters. The fraction of sp³-hybridized carbons (Fsp3) is 1.00. The molecule has 0 heterocycles. The molecule has 0 aromatic rings. The molecule has 0 saturated carbocycles. The summed E-state index contributed by atoms with van der Waals surface area (Å²) in [5, 5.41) is 0. The zero-order chi connectivity index (χ0) is 7.66. The van der Waals surface area contributed by atoms with Crippen molar-refractivity contribution >= 4 is 8.69 Å². The molecule has 0 aromatic heterocycles. The first-order valence-electron chi connectivity index (χ1n) is 3.90. The summed E-state index contributed by atoms with van der Waals surface area (Å²) >= 11 is 0. The molecule has 0 radical (unpaired) electrons.